The van der Waals surface area contributed by atoms with Crippen LogP contribution in [0.3, 0.4) is 0 Å². The number of nitrogens with zero attached hydrogens (tertiary/aromatic N) is 4. The maximum atomic E-state index is 12.5. The Morgan fingerprint density at radius 2 is 2.09 bits per heavy atom. The Balaban J connectivity index is 1.88. The summed E-state index contributed by atoms with van der Waals surface area (Å²) < 4.78 is 4.27. The van der Waals surface area contributed by atoms with Gasteiger partial charge in [0.15, 0.2) is 0 Å². The number of anilines is 1. The summed E-state index contributed by atoms with van der Waals surface area (Å²) in [7, 11) is 1.81. The van der Waals surface area contributed by atoms with Gasteiger partial charge in [0.05, 0.1) is 22.1 Å². The third-order valence-electron chi connectivity index (χ3n) is 3.68. The Hall–Kier alpha value is -2.41. The van der Waals surface area contributed by atoms with Crippen molar-refractivity contribution in [2.75, 3.05) is 5.32 Å². The molecule has 6 nitrogen and oxygen atoms in total. The van der Waals surface area contributed by atoms with Gasteiger partial charge in [0.1, 0.15) is 5.82 Å². The molecule has 23 heavy (non-hydrogen) atoms. The number of amides is 1. The summed E-state index contributed by atoms with van der Waals surface area (Å²) >= 11 is 3.37. The van der Waals surface area contributed by atoms with Crippen LogP contribution in [0.15, 0.2) is 41.1 Å². The molecule has 7 heteroatoms. The van der Waals surface area contributed by atoms with Crippen molar-refractivity contribution in [1.29, 1.82) is 0 Å². The van der Waals surface area contributed by atoms with Gasteiger partial charge in [-0.15, -0.1) is 0 Å². The van der Waals surface area contributed by atoms with Crippen LogP contribution in [0.4, 0.5) is 5.82 Å². The lowest BCUT2D eigenvalue weighted by molar-refractivity contribution is 0.102. The van der Waals surface area contributed by atoms with Gasteiger partial charge >= 0.3 is 0 Å². The number of aromatic nitrogens is 4. The Morgan fingerprint density at radius 1 is 1.30 bits per heavy atom. The van der Waals surface area contributed by atoms with Crippen molar-refractivity contribution >= 4 is 27.7 Å². The lowest BCUT2D eigenvalue weighted by Gasteiger charge is -2.08. The largest absolute Gasteiger partial charge is 0.307 e. The normalized spacial score (nSPS) is 10.8. The van der Waals surface area contributed by atoms with Gasteiger partial charge in [0.25, 0.3) is 5.91 Å². The van der Waals surface area contributed by atoms with E-state index in [0.717, 1.165) is 21.4 Å². The van der Waals surface area contributed by atoms with Gasteiger partial charge in [-0.1, -0.05) is 6.07 Å². The van der Waals surface area contributed by atoms with Gasteiger partial charge in [-0.25, -0.2) is 4.68 Å². The molecule has 1 N–H and O–H groups in total. The first kappa shape index (κ1) is 15.5. The van der Waals surface area contributed by atoms with Crippen LogP contribution >= 0.6 is 15.9 Å². The number of benzene rings is 1. The van der Waals surface area contributed by atoms with E-state index < -0.39 is 0 Å². The second-order valence-corrected chi connectivity index (χ2v) is 6.21. The zero-order valence-electron chi connectivity index (χ0n) is 13.0. The van der Waals surface area contributed by atoms with Gasteiger partial charge in [0.2, 0.25) is 0 Å². The average molecular weight is 374 g/mol. The maximum Gasteiger partial charge on any atom is 0.256 e. The lowest BCUT2D eigenvalue weighted by Crippen LogP contribution is -2.15. The molecule has 118 valence electrons. The first-order valence-corrected chi connectivity index (χ1v) is 7.87. The number of nitrogens with one attached hydrogen (secondary N) is 1. The third kappa shape index (κ3) is 3.05. The average Bonchev–Trinajstić information content (AvgIpc) is 3.06. The first-order valence-electron chi connectivity index (χ1n) is 7.08. The number of carbonyl (C=O) groups excluding carboxylic acids is 1. The van der Waals surface area contributed by atoms with E-state index in [2.05, 4.69) is 31.4 Å². The molecule has 0 radical (unpaired) electrons. The number of hydrogen-bond acceptors (Lipinski definition) is 3. The third-order valence-corrected chi connectivity index (χ3v) is 4.09. The molecular formula is C16H16BrN5O. The van der Waals surface area contributed by atoms with Crippen LogP contribution in [-0.2, 0) is 7.05 Å². The molecule has 0 aliphatic rings. The fourth-order valence-corrected chi connectivity index (χ4v) is 2.64. The molecule has 2 heterocycles. The van der Waals surface area contributed by atoms with E-state index >= 15 is 0 Å². The van der Waals surface area contributed by atoms with Crippen LogP contribution in [0.25, 0.3) is 5.69 Å². The van der Waals surface area contributed by atoms with E-state index in [1.807, 2.05) is 39.2 Å². The molecule has 0 saturated carbocycles. The summed E-state index contributed by atoms with van der Waals surface area (Å²) in [6.45, 7) is 3.86. The zero-order chi connectivity index (χ0) is 16.6. The number of hydrogen-bond donors (Lipinski definition) is 1. The van der Waals surface area contributed by atoms with Crippen molar-refractivity contribution < 1.29 is 4.79 Å². The van der Waals surface area contributed by atoms with Crippen LogP contribution in [0, 0.1) is 13.8 Å². The molecule has 3 aromatic rings. The van der Waals surface area contributed by atoms with Crippen LogP contribution in [0.2, 0.25) is 0 Å². The van der Waals surface area contributed by atoms with Gasteiger partial charge in [0, 0.05) is 24.4 Å². The van der Waals surface area contributed by atoms with Crippen LogP contribution in [0.1, 0.15) is 21.6 Å². The fourth-order valence-electron chi connectivity index (χ4n) is 2.35. The van der Waals surface area contributed by atoms with Crippen molar-refractivity contribution in [3.63, 3.8) is 0 Å². The van der Waals surface area contributed by atoms with Crippen LogP contribution in [-0.4, -0.2) is 25.5 Å². The lowest BCUT2D eigenvalue weighted by atomic mass is 10.2. The highest BCUT2D eigenvalue weighted by Gasteiger charge is 2.14. The molecule has 0 saturated heterocycles. The zero-order valence-corrected chi connectivity index (χ0v) is 14.6. The predicted molar refractivity (Wildman–Crippen MR) is 91.9 cm³/mol. The minimum absolute atomic E-state index is 0.177. The molecular weight excluding hydrogens is 358 g/mol. The van der Waals surface area contributed by atoms with Crippen LogP contribution < -0.4 is 5.32 Å². The van der Waals surface area contributed by atoms with Crippen LogP contribution in [0.5, 0.6) is 0 Å². The maximum absolute atomic E-state index is 12.5. The molecule has 0 spiro atoms. The second kappa shape index (κ2) is 6.00. The molecule has 0 aliphatic heterocycles. The van der Waals surface area contributed by atoms with Crippen molar-refractivity contribution in [2.24, 2.45) is 7.05 Å². The summed E-state index contributed by atoms with van der Waals surface area (Å²) in [6.07, 6.45) is 3.54. The summed E-state index contributed by atoms with van der Waals surface area (Å²) in [4.78, 5) is 12.5. The highest BCUT2D eigenvalue weighted by Crippen LogP contribution is 2.19. The van der Waals surface area contributed by atoms with Crippen molar-refractivity contribution in [1.82, 2.24) is 19.6 Å². The number of carbonyl (C=O) groups is 1. The van der Waals surface area contributed by atoms with E-state index in [4.69, 9.17) is 0 Å². The topological polar surface area (TPSA) is 64.7 Å². The molecule has 0 fully saturated rings. The minimum Gasteiger partial charge on any atom is -0.307 e. The van der Waals surface area contributed by atoms with E-state index in [1.54, 1.807) is 27.7 Å². The van der Waals surface area contributed by atoms with Gasteiger partial charge in [-0.2, -0.15) is 10.2 Å². The predicted octanol–water partition coefficient (Wildman–Crippen LogP) is 3.24. The van der Waals surface area contributed by atoms with E-state index in [1.165, 1.54) is 0 Å². The highest BCUT2D eigenvalue weighted by molar-refractivity contribution is 9.10. The Kier molecular flexibility index (Phi) is 4.04. The molecule has 0 aliphatic carbocycles. The second-order valence-electron chi connectivity index (χ2n) is 5.29. The molecule has 0 unspecified atom stereocenters. The monoisotopic (exact) mass is 373 g/mol. The van der Waals surface area contributed by atoms with Crippen molar-refractivity contribution in [3.8, 4) is 5.69 Å². The SMILES string of the molecule is Cc1nn(C)c(NC(=O)c2cccc(-n3cc(Br)cn3)c2)c1C. The summed E-state index contributed by atoms with van der Waals surface area (Å²) in [5.41, 5.74) is 3.25. The summed E-state index contributed by atoms with van der Waals surface area (Å²) in [6, 6.07) is 7.31. The Bertz CT molecular complexity index is 880. The van der Waals surface area contributed by atoms with Gasteiger partial charge < -0.3 is 5.32 Å². The quantitative estimate of drug-likeness (QED) is 0.766. The molecule has 1 amide bonds. The molecule has 3 rings (SSSR count). The smallest absolute Gasteiger partial charge is 0.256 e. The minimum atomic E-state index is -0.177. The standard InChI is InChI=1S/C16H16BrN5O/c1-10-11(2)20-21(3)15(10)19-16(23)12-5-4-6-14(7-12)22-9-13(17)8-18-22/h4-9H,1-3H3,(H,19,23). The molecule has 0 bridgehead atoms. The van der Waals surface area contributed by atoms with E-state index in [-0.39, 0.29) is 5.91 Å². The van der Waals surface area contributed by atoms with Crippen molar-refractivity contribution in [3.05, 3.63) is 58.0 Å². The summed E-state index contributed by atoms with van der Waals surface area (Å²) in [5.74, 6) is 0.531. The van der Waals surface area contributed by atoms with Crippen molar-refractivity contribution in [2.45, 2.75) is 13.8 Å². The number of rotatable bonds is 3. The molecule has 0 atom stereocenters. The Labute approximate surface area is 142 Å². The van der Waals surface area contributed by atoms with Gasteiger partial charge in [-0.3, -0.25) is 9.48 Å². The van der Waals surface area contributed by atoms with Gasteiger partial charge in [-0.05, 0) is 48.0 Å². The fraction of sp³-hybridized carbons (Fsp3) is 0.188. The number of halogens is 1. The molecule has 1 aromatic carbocycles. The first-order chi connectivity index (χ1) is 11.0. The molecule has 2 aromatic heterocycles. The van der Waals surface area contributed by atoms with E-state index in [0.29, 0.717) is 11.4 Å². The Morgan fingerprint density at radius 3 is 2.70 bits per heavy atom. The summed E-state index contributed by atoms with van der Waals surface area (Å²) in [5, 5.41) is 11.5. The number of aryl methyl sites for hydroxylation is 2. The van der Waals surface area contributed by atoms with E-state index in [9.17, 15) is 4.79 Å². The highest BCUT2D eigenvalue weighted by atomic mass is 79.9.